The molecule has 0 bridgehead atoms. The van der Waals surface area contributed by atoms with E-state index in [1.54, 1.807) is 0 Å². The fourth-order valence-electron chi connectivity index (χ4n) is 3.33. The third kappa shape index (κ3) is 3.58. The number of aliphatic hydroxyl groups is 1. The molecule has 8 heteroatoms. The summed E-state index contributed by atoms with van der Waals surface area (Å²) >= 11 is 0. The lowest BCUT2D eigenvalue weighted by Crippen LogP contribution is -2.62. The maximum atomic E-state index is 12.2. The van der Waals surface area contributed by atoms with Crippen molar-refractivity contribution < 1.29 is 19.5 Å². The molecule has 0 radical (unpaired) electrons. The Kier molecular flexibility index (Phi) is 4.89. The number of carbonyl (C=O) groups is 3. The van der Waals surface area contributed by atoms with Gasteiger partial charge in [-0.05, 0) is 18.9 Å². The fraction of sp³-hybridized carbons (Fsp3) is 0.471. The number of carbonyl (C=O) groups excluding carboxylic acids is 3. The Bertz CT molecular complexity index is 666. The molecule has 0 spiro atoms. The molecule has 0 saturated carbocycles. The highest BCUT2D eigenvalue weighted by Crippen LogP contribution is 2.22. The molecule has 4 unspecified atom stereocenters. The van der Waals surface area contributed by atoms with Crippen LogP contribution in [0.3, 0.4) is 0 Å². The summed E-state index contributed by atoms with van der Waals surface area (Å²) in [7, 11) is 0. The van der Waals surface area contributed by atoms with Crippen LogP contribution in [-0.2, 0) is 9.59 Å². The molecule has 4 amide bonds. The average Bonchev–Trinajstić information content (AvgIpc) is 3.03. The number of nitrogens with one attached hydrogen (secondary N) is 3. The second-order valence-corrected chi connectivity index (χ2v) is 6.43. The molecule has 0 aromatic heterocycles. The third-order valence-corrected chi connectivity index (χ3v) is 4.67. The SMILES string of the molecule is CC(NC(=O)NC1CC2C(=O)NC(CO)C(=O)N2C1)c1ccccc1. The van der Waals surface area contributed by atoms with Crippen molar-refractivity contribution >= 4 is 17.8 Å². The first-order chi connectivity index (χ1) is 12.0. The van der Waals surface area contributed by atoms with E-state index in [2.05, 4.69) is 16.0 Å². The van der Waals surface area contributed by atoms with E-state index in [-0.39, 0.29) is 36.5 Å². The molecule has 4 atom stereocenters. The van der Waals surface area contributed by atoms with Crippen molar-refractivity contribution in [2.24, 2.45) is 0 Å². The van der Waals surface area contributed by atoms with Crippen molar-refractivity contribution in [1.82, 2.24) is 20.9 Å². The Balaban J connectivity index is 1.57. The fourth-order valence-corrected chi connectivity index (χ4v) is 3.33. The first-order valence-corrected chi connectivity index (χ1v) is 8.33. The molecule has 1 aromatic rings. The predicted molar refractivity (Wildman–Crippen MR) is 89.4 cm³/mol. The summed E-state index contributed by atoms with van der Waals surface area (Å²) < 4.78 is 0. The smallest absolute Gasteiger partial charge is 0.315 e. The van der Waals surface area contributed by atoms with Crippen LogP contribution >= 0.6 is 0 Å². The Morgan fingerprint density at radius 1 is 1.36 bits per heavy atom. The van der Waals surface area contributed by atoms with Crippen LogP contribution in [0.2, 0.25) is 0 Å². The Hall–Kier alpha value is -2.61. The van der Waals surface area contributed by atoms with E-state index in [4.69, 9.17) is 0 Å². The average molecular weight is 346 g/mol. The molecule has 25 heavy (non-hydrogen) atoms. The van der Waals surface area contributed by atoms with Gasteiger partial charge in [-0.2, -0.15) is 0 Å². The first-order valence-electron chi connectivity index (χ1n) is 8.33. The molecule has 4 N–H and O–H groups in total. The van der Waals surface area contributed by atoms with Gasteiger partial charge in [0.05, 0.1) is 18.7 Å². The Morgan fingerprint density at radius 3 is 2.76 bits per heavy atom. The zero-order chi connectivity index (χ0) is 18.0. The lowest BCUT2D eigenvalue weighted by molar-refractivity contribution is -0.148. The van der Waals surface area contributed by atoms with Gasteiger partial charge in [0, 0.05) is 6.54 Å². The molecule has 2 aliphatic rings. The maximum absolute atomic E-state index is 12.2. The van der Waals surface area contributed by atoms with Crippen LogP contribution in [0.5, 0.6) is 0 Å². The van der Waals surface area contributed by atoms with E-state index in [0.29, 0.717) is 6.42 Å². The van der Waals surface area contributed by atoms with Crippen LogP contribution in [-0.4, -0.2) is 59.1 Å². The van der Waals surface area contributed by atoms with E-state index in [0.717, 1.165) is 5.56 Å². The van der Waals surface area contributed by atoms with E-state index in [1.165, 1.54) is 4.90 Å². The molecule has 0 aliphatic carbocycles. The minimum absolute atomic E-state index is 0.158. The molecule has 3 rings (SSSR count). The van der Waals surface area contributed by atoms with Gasteiger partial charge >= 0.3 is 6.03 Å². The second kappa shape index (κ2) is 7.10. The summed E-state index contributed by atoms with van der Waals surface area (Å²) in [4.78, 5) is 37.9. The molecule has 2 aliphatic heterocycles. The monoisotopic (exact) mass is 346 g/mol. The van der Waals surface area contributed by atoms with Crippen LogP contribution in [0.4, 0.5) is 4.79 Å². The highest BCUT2D eigenvalue weighted by Gasteiger charge is 2.46. The van der Waals surface area contributed by atoms with Gasteiger partial charge in [-0.15, -0.1) is 0 Å². The number of piperazine rings is 1. The van der Waals surface area contributed by atoms with E-state index < -0.39 is 18.7 Å². The van der Waals surface area contributed by atoms with Crippen molar-refractivity contribution in [3.8, 4) is 0 Å². The van der Waals surface area contributed by atoms with Crippen molar-refractivity contribution in [3.63, 3.8) is 0 Å². The summed E-state index contributed by atoms with van der Waals surface area (Å²) in [5.74, 6) is -0.601. The van der Waals surface area contributed by atoms with Gasteiger partial charge in [-0.25, -0.2) is 4.79 Å². The summed E-state index contributed by atoms with van der Waals surface area (Å²) in [6.07, 6.45) is 0.364. The zero-order valence-electron chi connectivity index (χ0n) is 13.9. The molecular formula is C17H22N4O4. The largest absolute Gasteiger partial charge is 0.394 e. The van der Waals surface area contributed by atoms with Crippen LogP contribution in [0.1, 0.15) is 24.9 Å². The normalized spacial score (nSPS) is 26.6. The molecular weight excluding hydrogens is 324 g/mol. The summed E-state index contributed by atoms with van der Waals surface area (Å²) in [6.45, 7) is 1.72. The highest BCUT2D eigenvalue weighted by atomic mass is 16.3. The van der Waals surface area contributed by atoms with Crippen LogP contribution < -0.4 is 16.0 Å². The van der Waals surface area contributed by atoms with Gasteiger partial charge in [0.1, 0.15) is 12.1 Å². The molecule has 2 fully saturated rings. The second-order valence-electron chi connectivity index (χ2n) is 6.43. The summed E-state index contributed by atoms with van der Waals surface area (Å²) in [6, 6.07) is 7.29. The first kappa shape index (κ1) is 17.2. The van der Waals surface area contributed by atoms with Crippen molar-refractivity contribution in [1.29, 1.82) is 0 Å². The third-order valence-electron chi connectivity index (χ3n) is 4.67. The Labute approximate surface area is 145 Å². The molecule has 1 aromatic carbocycles. The lowest BCUT2D eigenvalue weighted by Gasteiger charge is -2.33. The Morgan fingerprint density at radius 2 is 2.08 bits per heavy atom. The van der Waals surface area contributed by atoms with Gasteiger partial charge in [-0.3, -0.25) is 9.59 Å². The van der Waals surface area contributed by atoms with Crippen LogP contribution in [0.25, 0.3) is 0 Å². The van der Waals surface area contributed by atoms with E-state index in [1.807, 2.05) is 37.3 Å². The van der Waals surface area contributed by atoms with Gasteiger partial charge in [-0.1, -0.05) is 30.3 Å². The van der Waals surface area contributed by atoms with Crippen molar-refractivity contribution in [2.75, 3.05) is 13.2 Å². The van der Waals surface area contributed by atoms with Gasteiger partial charge in [0.2, 0.25) is 11.8 Å². The minimum atomic E-state index is -0.894. The zero-order valence-corrected chi connectivity index (χ0v) is 13.9. The summed E-state index contributed by atoms with van der Waals surface area (Å²) in [5, 5.41) is 17.4. The number of nitrogens with zero attached hydrogens (tertiary/aromatic N) is 1. The molecule has 134 valence electrons. The van der Waals surface area contributed by atoms with Crippen LogP contribution in [0, 0.1) is 0 Å². The van der Waals surface area contributed by atoms with E-state index >= 15 is 0 Å². The maximum Gasteiger partial charge on any atom is 0.315 e. The number of aliphatic hydroxyl groups excluding tert-OH is 1. The number of urea groups is 1. The number of rotatable bonds is 4. The van der Waals surface area contributed by atoms with Crippen LogP contribution in [0.15, 0.2) is 30.3 Å². The lowest BCUT2D eigenvalue weighted by atomic mass is 10.1. The highest BCUT2D eigenvalue weighted by molar-refractivity contribution is 5.97. The van der Waals surface area contributed by atoms with E-state index in [9.17, 15) is 19.5 Å². The summed E-state index contributed by atoms with van der Waals surface area (Å²) in [5.41, 5.74) is 0.988. The van der Waals surface area contributed by atoms with Crippen molar-refractivity contribution in [3.05, 3.63) is 35.9 Å². The minimum Gasteiger partial charge on any atom is -0.394 e. The van der Waals surface area contributed by atoms with Gasteiger partial charge in [0.15, 0.2) is 0 Å². The predicted octanol–water partition coefficient (Wildman–Crippen LogP) is -0.493. The molecule has 2 saturated heterocycles. The number of hydrogen-bond acceptors (Lipinski definition) is 4. The standard InChI is InChI=1S/C17H22N4O4/c1-10(11-5-3-2-4-6-11)18-17(25)19-12-7-14-15(23)20-13(9-22)16(24)21(14)8-12/h2-6,10,12-14,22H,7-9H2,1H3,(H,20,23)(H2,18,19,25). The number of amides is 4. The number of hydrogen-bond donors (Lipinski definition) is 4. The topological polar surface area (TPSA) is 111 Å². The molecule has 8 nitrogen and oxygen atoms in total. The quantitative estimate of drug-likeness (QED) is 0.589. The number of fused-ring (bicyclic) bond motifs is 1. The number of benzene rings is 1. The van der Waals surface area contributed by atoms with Gasteiger partial charge in [0.25, 0.3) is 0 Å². The van der Waals surface area contributed by atoms with Crippen molar-refractivity contribution in [2.45, 2.75) is 37.5 Å². The molecule has 2 heterocycles. The van der Waals surface area contributed by atoms with Gasteiger partial charge < -0.3 is 26.0 Å².